The van der Waals surface area contributed by atoms with Gasteiger partial charge < -0.3 is 10.2 Å². The molecule has 1 atom stereocenters. The van der Waals surface area contributed by atoms with Gasteiger partial charge in [-0.15, -0.1) is 0 Å². The van der Waals surface area contributed by atoms with Crippen molar-refractivity contribution < 1.29 is 9.59 Å². The van der Waals surface area contributed by atoms with Gasteiger partial charge in [-0.25, -0.2) is 4.68 Å². The van der Waals surface area contributed by atoms with Crippen LogP contribution in [0.15, 0.2) is 67.0 Å². The average Bonchev–Trinajstić information content (AvgIpc) is 3.14. The number of hydrogen-bond donors (Lipinski definition) is 1. The molecule has 2 aromatic carbocycles. The molecule has 2 amide bonds. The van der Waals surface area contributed by atoms with E-state index in [1.165, 1.54) is 0 Å². The minimum absolute atomic E-state index is 0.149. The van der Waals surface area contributed by atoms with Crippen molar-refractivity contribution in [2.24, 2.45) is 0 Å². The Bertz CT molecular complexity index is 963. The Morgan fingerprint density at radius 2 is 1.85 bits per heavy atom. The molecule has 1 saturated heterocycles. The molecule has 27 heavy (non-hydrogen) atoms. The number of piperazine rings is 1. The Morgan fingerprint density at radius 1 is 1.11 bits per heavy atom. The molecule has 0 radical (unpaired) electrons. The van der Waals surface area contributed by atoms with Crippen LogP contribution < -0.4 is 5.32 Å². The van der Waals surface area contributed by atoms with E-state index in [0.717, 1.165) is 16.8 Å². The minimum Gasteiger partial charge on any atom is -0.352 e. The van der Waals surface area contributed by atoms with Crippen molar-refractivity contribution in [1.29, 1.82) is 0 Å². The smallest absolute Gasteiger partial charge is 0.254 e. The van der Waals surface area contributed by atoms with Crippen LogP contribution in [-0.2, 0) is 4.79 Å². The van der Waals surface area contributed by atoms with Gasteiger partial charge in [0.2, 0.25) is 5.91 Å². The molecular weight excluding hydrogens is 340 g/mol. The number of rotatable bonds is 3. The first-order chi connectivity index (χ1) is 13.1. The quantitative estimate of drug-likeness (QED) is 0.780. The summed E-state index contributed by atoms with van der Waals surface area (Å²) in [6.45, 7) is 2.91. The first-order valence-corrected chi connectivity index (χ1v) is 8.89. The molecule has 2 heterocycles. The van der Waals surface area contributed by atoms with E-state index in [9.17, 15) is 9.59 Å². The highest BCUT2D eigenvalue weighted by Crippen LogP contribution is 2.25. The van der Waals surface area contributed by atoms with E-state index in [1.54, 1.807) is 27.9 Å². The van der Waals surface area contributed by atoms with Crippen molar-refractivity contribution in [1.82, 2.24) is 20.0 Å². The molecule has 1 fully saturated rings. The summed E-state index contributed by atoms with van der Waals surface area (Å²) in [5.41, 5.74) is 3.32. The molecule has 1 aliphatic heterocycles. The van der Waals surface area contributed by atoms with Crippen LogP contribution in [-0.4, -0.2) is 39.6 Å². The predicted octanol–water partition coefficient (Wildman–Crippen LogP) is 2.49. The summed E-state index contributed by atoms with van der Waals surface area (Å²) in [5.74, 6) is -0.300. The van der Waals surface area contributed by atoms with Crippen molar-refractivity contribution in [2.45, 2.75) is 13.0 Å². The molecule has 0 saturated carbocycles. The van der Waals surface area contributed by atoms with E-state index >= 15 is 0 Å². The highest BCUT2D eigenvalue weighted by Gasteiger charge is 2.34. The number of carbonyl (C=O) groups is 2. The number of nitrogens with zero attached hydrogens (tertiary/aromatic N) is 3. The Labute approximate surface area is 157 Å². The average molecular weight is 360 g/mol. The third kappa shape index (κ3) is 3.33. The Balaban J connectivity index is 1.61. The molecule has 3 aromatic rings. The number of carbonyl (C=O) groups excluding carboxylic acids is 2. The number of aryl methyl sites for hydroxylation is 1. The van der Waals surface area contributed by atoms with Crippen molar-refractivity contribution >= 4 is 11.8 Å². The number of aromatic nitrogens is 2. The van der Waals surface area contributed by atoms with Crippen LogP contribution >= 0.6 is 0 Å². The monoisotopic (exact) mass is 360 g/mol. The molecular formula is C21H20N4O2. The second-order valence-corrected chi connectivity index (χ2v) is 6.61. The lowest BCUT2D eigenvalue weighted by molar-refractivity contribution is -0.128. The molecule has 4 rings (SSSR count). The van der Waals surface area contributed by atoms with Crippen LogP contribution in [0.5, 0.6) is 0 Å². The van der Waals surface area contributed by atoms with Crippen molar-refractivity contribution in [2.75, 3.05) is 13.1 Å². The van der Waals surface area contributed by atoms with Gasteiger partial charge in [0.05, 0.1) is 11.9 Å². The first-order valence-electron chi connectivity index (χ1n) is 8.89. The Kier molecular flexibility index (Phi) is 4.46. The summed E-state index contributed by atoms with van der Waals surface area (Å²) in [6.07, 6.45) is 3.72. The number of nitrogens with one attached hydrogen (secondary N) is 1. The highest BCUT2D eigenvalue weighted by atomic mass is 16.2. The third-order valence-electron chi connectivity index (χ3n) is 4.68. The van der Waals surface area contributed by atoms with Gasteiger partial charge in [-0.3, -0.25) is 9.59 Å². The zero-order chi connectivity index (χ0) is 18.8. The van der Waals surface area contributed by atoms with E-state index in [0.29, 0.717) is 18.7 Å². The van der Waals surface area contributed by atoms with Gasteiger partial charge >= 0.3 is 0 Å². The number of hydrogen-bond acceptors (Lipinski definition) is 3. The molecule has 1 aliphatic rings. The van der Waals surface area contributed by atoms with Gasteiger partial charge in [-0.2, -0.15) is 5.10 Å². The fourth-order valence-corrected chi connectivity index (χ4v) is 3.33. The summed E-state index contributed by atoms with van der Waals surface area (Å²) in [5, 5.41) is 7.14. The summed E-state index contributed by atoms with van der Waals surface area (Å²) in [4.78, 5) is 27.2. The molecule has 0 bridgehead atoms. The van der Waals surface area contributed by atoms with Crippen molar-refractivity contribution in [3.8, 4) is 5.69 Å². The van der Waals surface area contributed by atoms with Crippen LogP contribution in [0, 0.1) is 6.92 Å². The Morgan fingerprint density at radius 3 is 2.52 bits per heavy atom. The number of amides is 2. The largest absolute Gasteiger partial charge is 0.352 e. The minimum atomic E-state index is -0.610. The van der Waals surface area contributed by atoms with Gasteiger partial charge in [0, 0.05) is 24.8 Å². The topological polar surface area (TPSA) is 67.2 Å². The van der Waals surface area contributed by atoms with E-state index in [2.05, 4.69) is 10.4 Å². The normalized spacial score (nSPS) is 16.9. The SMILES string of the molecule is Cc1cnn(-c2ccc(C(=O)N3CCNC(=O)C3c3ccccc3)cc2)c1. The maximum absolute atomic E-state index is 13.1. The van der Waals surface area contributed by atoms with Crippen molar-refractivity contribution in [3.05, 3.63) is 83.7 Å². The maximum atomic E-state index is 13.1. The van der Waals surface area contributed by atoms with Crippen LogP contribution in [0.25, 0.3) is 5.69 Å². The fraction of sp³-hybridized carbons (Fsp3) is 0.190. The van der Waals surface area contributed by atoms with Crippen LogP contribution in [0.2, 0.25) is 0 Å². The standard InChI is InChI=1S/C21H20N4O2/c1-15-13-23-25(14-15)18-9-7-17(8-10-18)21(27)24-12-11-22-20(26)19(24)16-5-3-2-4-6-16/h2-10,13-14,19H,11-12H2,1H3,(H,22,26). The van der Waals surface area contributed by atoms with E-state index in [1.807, 2.05) is 55.6 Å². The Hall–Kier alpha value is -3.41. The third-order valence-corrected chi connectivity index (χ3v) is 4.68. The molecule has 1 N–H and O–H groups in total. The lowest BCUT2D eigenvalue weighted by Gasteiger charge is -2.35. The first kappa shape index (κ1) is 17.0. The van der Waals surface area contributed by atoms with Gasteiger partial charge in [-0.05, 0) is 42.3 Å². The highest BCUT2D eigenvalue weighted by molar-refractivity contribution is 5.98. The summed E-state index contributed by atoms with van der Waals surface area (Å²) in [6, 6.07) is 16.1. The van der Waals surface area contributed by atoms with Crippen LogP contribution in [0.4, 0.5) is 0 Å². The predicted molar refractivity (Wildman–Crippen MR) is 102 cm³/mol. The van der Waals surface area contributed by atoms with Gasteiger partial charge in [-0.1, -0.05) is 30.3 Å². The van der Waals surface area contributed by atoms with Crippen LogP contribution in [0.3, 0.4) is 0 Å². The lowest BCUT2D eigenvalue weighted by atomic mass is 10.0. The van der Waals surface area contributed by atoms with Gasteiger partial charge in [0.15, 0.2) is 0 Å². The second kappa shape index (κ2) is 7.07. The van der Waals surface area contributed by atoms with Crippen molar-refractivity contribution in [3.63, 3.8) is 0 Å². The summed E-state index contributed by atoms with van der Waals surface area (Å²) >= 11 is 0. The second-order valence-electron chi connectivity index (χ2n) is 6.61. The molecule has 0 spiro atoms. The lowest BCUT2D eigenvalue weighted by Crippen LogP contribution is -2.52. The number of benzene rings is 2. The molecule has 1 unspecified atom stereocenters. The van der Waals surface area contributed by atoms with E-state index < -0.39 is 6.04 Å². The zero-order valence-electron chi connectivity index (χ0n) is 15.0. The maximum Gasteiger partial charge on any atom is 0.254 e. The zero-order valence-corrected chi connectivity index (χ0v) is 15.0. The summed E-state index contributed by atoms with van der Waals surface area (Å²) in [7, 11) is 0. The molecule has 6 nitrogen and oxygen atoms in total. The van der Waals surface area contributed by atoms with Gasteiger partial charge in [0.1, 0.15) is 6.04 Å². The van der Waals surface area contributed by atoms with Crippen LogP contribution in [0.1, 0.15) is 27.5 Å². The molecule has 0 aliphatic carbocycles. The molecule has 6 heteroatoms. The fourth-order valence-electron chi connectivity index (χ4n) is 3.33. The molecule has 1 aromatic heterocycles. The van der Waals surface area contributed by atoms with E-state index in [-0.39, 0.29) is 11.8 Å². The molecule has 136 valence electrons. The summed E-state index contributed by atoms with van der Waals surface area (Å²) < 4.78 is 1.77. The van der Waals surface area contributed by atoms with E-state index in [4.69, 9.17) is 0 Å². The van der Waals surface area contributed by atoms with Gasteiger partial charge in [0.25, 0.3) is 5.91 Å².